The Morgan fingerprint density at radius 1 is 0.650 bits per heavy atom. The van der Waals surface area contributed by atoms with Crippen LogP contribution in [0.2, 0.25) is 0 Å². The zero-order valence-corrected chi connectivity index (χ0v) is 14.3. The Hall–Kier alpha value is -0.0900. The van der Waals surface area contributed by atoms with E-state index in [-0.39, 0.29) is 5.75 Å². The zero-order chi connectivity index (χ0) is 15.1. The van der Waals surface area contributed by atoms with Crippen LogP contribution in [0.1, 0.15) is 90.9 Å². The van der Waals surface area contributed by atoms with Crippen LogP contribution in [0.15, 0.2) is 0 Å². The van der Waals surface area contributed by atoms with Gasteiger partial charge in [-0.2, -0.15) is 8.42 Å². The smallest absolute Gasteiger partial charge is 0.267 e. The highest BCUT2D eigenvalue weighted by Gasteiger charge is 2.09. The Balaban J connectivity index is 3.30. The number of hydrogen-bond donors (Lipinski definition) is 0. The molecule has 0 saturated carbocycles. The lowest BCUT2D eigenvalue weighted by Crippen LogP contribution is -2.11. The van der Waals surface area contributed by atoms with E-state index in [1.807, 2.05) is 6.92 Å². The van der Waals surface area contributed by atoms with Crippen LogP contribution >= 0.6 is 0 Å². The number of unbranched alkanes of at least 4 members (excludes halogenated alkanes) is 10. The largest absolute Gasteiger partial charge is 0.270 e. The summed E-state index contributed by atoms with van der Waals surface area (Å²) in [6.07, 6.45) is 13.9. The van der Waals surface area contributed by atoms with Crippen molar-refractivity contribution in [3.63, 3.8) is 0 Å². The normalized spacial score (nSPS) is 11.9. The first-order valence-corrected chi connectivity index (χ1v) is 10.1. The highest BCUT2D eigenvalue weighted by Crippen LogP contribution is 2.11. The van der Waals surface area contributed by atoms with Crippen molar-refractivity contribution in [1.29, 1.82) is 0 Å². The van der Waals surface area contributed by atoms with Gasteiger partial charge in [-0.3, -0.25) is 4.18 Å². The molecular formula is C16H34O3S. The molecule has 20 heavy (non-hydrogen) atoms. The van der Waals surface area contributed by atoms with E-state index in [0.29, 0.717) is 6.61 Å². The molecule has 0 radical (unpaired) electrons. The van der Waals surface area contributed by atoms with E-state index in [1.165, 1.54) is 44.9 Å². The summed E-state index contributed by atoms with van der Waals surface area (Å²) < 4.78 is 28.0. The molecule has 0 fully saturated rings. The summed E-state index contributed by atoms with van der Waals surface area (Å²) in [6, 6.07) is 0. The zero-order valence-electron chi connectivity index (χ0n) is 13.5. The summed E-state index contributed by atoms with van der Waals surface area (Å²) in [5.41, 5.74) is 0. The van der Waals surface area contributed by atoms with Gasteiger partial charge >= 0.3 is 0 Å². The molecule has 0 aromatic heterocycles. The van der Waals surface area contributed by atoms with Gasteiger partial charge in [0.25, 0.3) is 10.1 Å². The summed E-state index contributed by atoms with van der Waals surface area (Å²) in [5, 5.41) is 0. The molecule has 0 rings (SSSR count). The lowest BCUT2D eigenvalue weighted by molar-refractivity contribution is 0.310. The van der Waals surface area contributed by atoms with Gasteiger partial charge < -0.3 is 0 Å². The van der Waals surface area contributed by atoms with Gasteiger partial charge in [0.1, 0.15) is 0 Å². The minimum absolute atomic E-state index is 0.188. The fourth-order valence-corrected chi connectivity index (χ4v) is 3.20. The van der Waals surface area contributed by atoms with Crippen LogP contribution in [0.25, 0.3) is 0 Å². The molecule has 0 amide bonds. The quantitative estimate of drug-likeness (QED) is 0.314. The second-order valence-electron chi connectivity index (χ2n) is 5.62. The van der Waals surface area contributed by atoms with Crippen molar-refractivity contribution in [2.75, 3.05) is 12.4 Å². The molecule has 0 spiro atoms. The first-order chi connectivity index (χ1) is 9.62. The topological polar surface area (TPSA) is 43.4 Å². The third kappa shape index (κ3) is 14.3. The maximum Gasteiger partial charge on any atom is 0.267 e. The Labute approximate surface area is 126 Å². The lowest BCUT2D eigenvalue weighted by Gasteiger charge is -2.05. The predicted octanol–water partition coefficient (Wildman–Crippen LogP) is 5.05. The molecule has 0 saturated heterocycles. The van der Waals surface area contributed by atoms with E-state index in [1.54, 1.807) is 0 Å². The van der Waals surface area contributed by atoms with Crippen molar-refractivity contribution >= 4 is 10.1 Å². The van der Waals surface area contributed by atoms with Crippen LogP contribution in [0, 0.1) is 0 Å². The van der Waals surface area contributed by atoms with Gasteiger partial charge in [-0.05, 0) is 12.8 Å². The fraction of sp³-hybridized carbons (Fsp3) is 1.00. The van der Waals surface area contributed by atoms with Crippen LogP contribution in [-0.2, 0) is 14.3 Å². The molecule has 0 aliphatic rings. The van der Waals surface area contributed by atoms with E-state index in [4.69, 9.17) is 4.18 Å². The Bertz CT molecular complexity index is 286. The summed E-state index contributed by atoms with van der Waals surface area (Å²) in [4.78, 5) is 0. The molecular weight excluding hydrogens is 272 g/mol. The van der Waals surface area contributed by atoms with Crippen molar-refractivity contribution < 1.29 is 12.6 Å². The second kappa shape index (κ2) is 13.9. The monoisotopic (exact) mass is 306 g/mol. The van der Waals surface area contributed by atoms with Crippen molar-refractivity contribution in [2.24, 2.45) is 0 Å². The van der Waals surface area contributed by atoms with Gasteiger partial charge in [0.2, 0.25) is 0 Å². The van der Waals surface area contributed by atoms with E-state index < -0.39 is 10.1 Å². The molecule has 0 unspecified atom stereocenters. The maximum absolute atomic E-state index is 11.5. The molecule has 0 N–H and O–H groups in total. The SMILES string of the molecule is CCCCCCCCCCCCS(=O)(=O)OCCCC. The van der Waals surface area contributed by atoms with E-state index in [9.17, 15) is 8.42 Å². The maximum atomic E-state index is 11.5. The molecule has 0 aliphatic heterocycles. The van der Waals surface area contributed by atoms with Gasteiger partial charge in [-0.25, -0.2) is 0 Å². The molecule has 0 aromatic rings. The third-order valence-corrected chi connectivity index (χ3v) is 4.82. The van der Waals surface area contributed by atoms with E-state index in [0.717, 1.165) is 32.1 Å². The van der Waals surface area contributed by atoms with Crippen LogP contribution in [0.5, 0.6) is 0 Å². The first kappa shape index (κ1) is 19.9. The second-order valence-corrected chi connectivity index (χ2v) is 7.38. The van der Waals surface area contributed by atoms with Gasteiger partial charge in [-0.15, -0.1) is 0 Å². The highest BCUT2D eigenvalue weighted by molar-refractivity contribution is 7.86. The Morgan fingerprint density at radius 2 is 1.10 bits per heavy atom. The van der Waals surface area contributed by atoms with Gasteiger partial charge in [0, 0.05) is 0 Å². The molecule has 0 bridgehead atoms. The minimum Gasteiger partial charge on any atom is -0.270 e. The molecule has 4 heteroatoms. The van der Waals surface area contributed by atoms with Crippen LogP contribution in [0.4, 0.5) is 0 Å². The first-order valence-electron chi connectivity index (χ1n) is 8.49. The van der Waals surface area contributed by atoms with Gasteiger partial charge in [-0.1, -0.05) is 78.1 Å². The molecule has 3 nitrogen and oxygen atoms in total. The van der Waals surface area contributed by atoms with Crippen molar-refractivity contribution in [3.05, 3.63) is 0 Å². The average molecular weight is 307 g/mol. The molecule has 0 heterocycles. The van der Waals surface area contributed by atoms with Crippen molar-refractivity contribution in [1.82, 2.24) is 0 Å². The van der Waals surface area contributed by atoms with Crippen LogP contribution < -0.4 is 0 Å². The molecule has 0 atom stereocenters. The van der Waals surface area contributed by atoms with E-state index >= 15 is 0 Å². The van der Waals surface area contributed by atoms with E-state index in [2.05, 4.69) is 6.92 Å². The van der Waals surface area contributed by atoms with Crippen LogP contribution in [0.3, 0.4) is 0 Å². The number of hydrogen-bond acceptors (Lipinski definition) is 3. The fourth-order valence-electron chi connectivity index (χ4n) is 2.16. The molecule has 0 aromatic carbocycles. The van der Waals surface area contributed by atoms with Gasteiger partial charge in [0.15, 0.2) is 0 Å². The summed E-state index contributed by atoms with van der Waals surface area (Å²) in [5.74, 6) is 0.188. The van der Waals surface area contributed by atoms with Crippen LogP contribution in [-0.4, -0.2) is 20.8 Å². The lowest BCUT2D eigenvalue weighted by atomic mass is 10.1. The van der Waals surface area contributed by atoms with Gasteiger partial charge in [0.05, 0.1) is 12.4 Å². The Morgan fingerprint density at radius 3 is 1.60 bits per heavy atom. The van der Waals surface area contributed by atoms with Crippen molar-refractivity contribution in [3.8, 4) is 0 Å². The standard InChI is InChI=1S/C16H34O3S/c1-3-5-7-8-9-10-11-12-13-14-16-20(17,18)19-15-6-4-2/h3-16H2,1-2H3. The summed E-state index contributed by atoms with van der Waals surface area (Å²) >= 11 is 0. The predicted molar refractivity (Wildman–Crippen MR) is 86.5 cm³/mol. The summed E-state index contributed by atoms with van der Waals surface area (Å²) in [7, 11) is -3.26. The average Bonchev–Trinajstić information content (AvgIpc) is 2.41. The number of rotatable bonds is 15. The highest BCUT2D eigenvalue weighted by atomic mass is 32.2. The Kier molecular flexibility index (Phi) is 13.8. The summed E-state index contributed by atoms with van der Waals surface area (Å²) in [6.45, 7) is 4.61. The third-order valence-electron chi connectivity index (χ3n) is 3.51. The molecule has 0 aliphatic carbocycles. The molecule has 122 valence electrons. The van der Waals surface area contributed by atoms with Crippen molar-refractivity contribution in [2.45, 2.75) is 90.9 Å². The minimum atomic E-state index is -3.26.